The van der Waals surface area contributed by atoms with Gasteiger partial charge in [-0.3, -0.25) is 0 Å². The number of halogens is 2. The summed E-state index contributed by atoms with van der Waals surface area (Å²) in [5.41, 5.74) is 0.508. The van der Waals surface area contributed by atoms with Crippen LogP contribution in [0.4, 0.5) is 8.78 Å². The molecule has 0 aliphatic rings. The van der Waals surface area contributed by atoms with Gasteiger partial charge in [-0.05, 0) is 12.1 Å². The summed E-state index contributed by atoms with van der Waals surface area (Å²) < 4.78 is 28.0. The van der Waals surface area contributed by atoms with Crippen molar-refractivity contribution in [3.8, 4) is 5.88 Å². The number of aromatic hydroxyl groups is 1. The van der Waals surface area contributed by atoms with Crippen LogP contribution in [0, 0.1) is 11.6 Å². The minimum absolute atomic E-state index is 0.0903. The van der Waals surface area contributed by atoms with Crippen LogP contribution in [0.3, 0.4) is 0 Å². The molecule has 0 amide bonds. The second-order valence-electron chi connectivity index (χ2n) is 4.54. The highest BCUT2D eigenvalue weighted by atomic mass is 32.2. The van der Waals surface area contributed by atoms with Gasteiger partial charge in [0, 0.05) is 23.1 Å². The van der Waals surface area contributed by atoms with Crippen LogP contribution in [-0.4, -0.2) is 24.7 Å². The summed E-state index contributed by atoms with van der Waals surface area (Å²) in [6, 6.07) is 5.44. The molecule has 0 saturated heterocycles. The lowest BCUT2D eigenvalue weighted by Gasteiger charge is -2.04. The summed E-state index contributed by atoms with van der Waals surface area (Å²) >= 11 is 1.10. The molecule has 3 rings (SSSR count). The second-order valence-corrected chi connectivity index (χ2v) is 5.56. The highest BCUT2D eigenvalue weighted by molar-refractivity contribution is 7.98. The molecule has 0 unspecified atom stereocenters. The summed E-state index contributed by atoms with van der Waals surface area (Å²) in [5, 5.41) is 14.0. The van der Waals surface area contributed by atoms with Crippen LogP contribution in [0.25, 0.3) is 5.78 Å². The number of thioether (sulfide) groups is 1. The molecule has 2 aromatic heterocycles. The fraction of sp³-hybridized carbons (Fsp3) is 0.214. The van der Waals surface area contributed by atoms with Crippen LogP contribution in [0.2, 0.25) is 0 Å². The van der Waals surface area contributed by atoms with Gasteiger partial charge in [0.2, 0.25) is 5.88 Å². The first-order valence-corrected chi connectivity index (χ1v) is 7.58. The zero-order valence-corrected chi connectivity index (χ0v) is 12.4. The summed E-state index contributed by atoms with van der Waals surface area (Å²) in [6.07, 6.45) is 0.626. The van der Waals surface area contributed by atoms with E-state index in [2.05, 4.69) is 15.1 Å². The number of aryl methyl sites for hydroxylation is 1. The van der Waals surface area contributed by atoms with E-state index in [1.165, 1.54) is 22.7 Å². The average Bonchev–Trinajstić information content (AvgIpc) is 2.92. The van der Waals surface area contributed by atoms with E-state index in [1.54, 1.807) is 0 Å². The monoisotopic (exact) mass is 322 g/mol. The maximum Gasteiger partial charge on any atom is 0.255 e. The first kappa shape index (κ1) is 14.7. The van der Waals surface area contributed by atoms with E-state index in [-0.39, 0.29) is 22.3 Å². The molecule has 0 aliphatic heterocycles. The van der Waals surface area contributed by atoms with Crippen molar-refractivity contribution in [3.05, 3.63) is 47.4 Å². The highest BCUT2D eigenvalue weighted by Crippen LogP contribution is 2.27. The molecule has 0 spiro atoms. The van der Waals surface area contributed by atoms with Gasteiger partial charge < -0.3 is 5.11 Å². The van der Waals surface area contributed by atoms with Gasteiger partial charge in [0.15, 0.2) is 17.5 Å². The van der Waals surface area contributed by atoms with Crippen molar-refractivity contribution in [1.29, 1.82) is 0 Å². The quantitative estimate of drug-likeness (QED) is 0.748. The van der Waals surface area contributed by atoms with E-state index < -0.39 is 11.6 Å². The zero-order chi connectivity index (χ0) is 15.7. The highest BCUT2D eigenvalue weighted by Gasteiger charge is 2.12. The Hall–Kier alpha value is -2.22. The van der Waals surface area contributed by atoms with Gasteiger partial charge in [-0.25, -0.2) is 13.8 Å². The van der Waals surface area contributed by atoms with Crippen molar-refractivity contribution in [3.63, 3.8) is 0 Å². The molecule has 114 valence electrons. The predicted octanol–water partition coefficient (Wildman–Crippen LogP) is 2.96. The number of benzene rings is 1. The van der Waals surface area contributed by atoms with E-state index in [1.807, 2.05) is 6.92 Å². The number of nitrogens with zero attached hydrogens (tertiary/aromatic N) is 4. The molecule has 22 heavy (non-hydrogen) atoms. The third kappa shape index (κ3) is 2.74. The number of aromatic nitrogens is 4. The van der Waals surface area contributed by atoms with E-state index in [4.69, 9.17) is 0 Å². The van der Waals surface area contributed by atoms with E-state index >= 15 is 0 Å². The molecule has 0 bridgehead atoms. The van der Waals surface area contributed by atoms with Crippen LogP contribution >= 0.6 is 11.8 Å². The lowest BCUT2D eigenvalue weighted by atomic mass is 10.3. The van der Waals surface area contributed by atoms with Gasteiger partial charge in [-0.15, -0.1) is 16.9 Å². The van der Waals surface area contributed by atoms with E-state index in [0.717, 1.165) is 17.8 Å². The SMILES string of the molecule is CCc1nc2nc(CSc3cccc(F)c3F)cc(O)n2n1. The summed E-state index contributed by atoms with van der Waals surface area (Å²) in [5.74, 6) is -0.725. The Morgan fingerprint density at radius 1 is 1.27 bits per heavy atom. The third-order valence-corrected chi connectivity index (χ3v) is 4.06. The van der Waals surface area contributed by atoms with Crippen molar-refractivity contribution in [1.82, 2.24) is 19.6 Å². The lowest BCUT2D eigenvalue weighted by Crippen LogP contribution is -1.96. The Morgan fingerprint density at radius 3 is 2.86 bits per heavy atom. The van der Waals surface area contributed by atoms with Crippen LogP contribution < -0.4 is 0 Å². The molecule has 0 saturated carbocycles. The number of rotatable bonds is 4. The summed E-state index contributed by atoms with van der Waals surface area (Å²) in [7, 11) is 0. The van der Waals surface area contributed by atoms with Crippen LogP contribution in [0.5, 0.6) is 5.88 Å². The second kappa shape index (κ2) is 5.88. The van der Waals surface area contributed by atoms with Crippen molar-refractivity contribution in [2.75, 3.05) is 0 Å². The first-order chi connectivity index (χ1) is 10.6. The minimum Gasteiger partial charge on any atom is -0.493 e. The molecule has 0 radical (unpaired) electrons. The Kier molecular flexibility index (Phi) is 3.93. The zero-order valence-electron chi connectivity index (χ0n) is 11.6. The molecule has 0 aliphatic carbocycles. The Morgan fingerprint density at radius 2 is 2.09 bits per heavy atom. The Labute approximate surface area is 129 Å². The number of hydrogen-bond donors (Lipinski definition) is 1. The molecule has 0 atom stereocenters. The minimum atomic E-state index is -0.888. The molecule has 8 heteroatoms. The standard InChI is InChI=1S/C14H12F2N4OS/c1-2-11-18-14-17-8(6-12(21)20(14)19-11)7-22-10-5-3-4-9(15)13(10)16/h3-6,21H,2,7H2,1H3. The predicted molar refractivity (Wildman–Crippen MR) is 77.7 cm³/mol. The lowest BCUT2D eigenvalue weighted by molar-refractivity contribution is 0.433. The third-order valence-electron chi connectivity index (χ3n) is 3.00. The maximum atomic E-state index is 13.6. The van der Waals surface area contributed by atoms with Crippen molar-refractivity contribution in [2.45, 2.75) is 24.0 Å². The number of hydrogen-bond acceptors (Lipinski definition) is 5. The van der Waals surface area contributed by atoms with Gasteiger partial charge in [0.1, 0.15) is 0 Å². The topological polar surface area (TPSA) is 63.3 Å². The molecule has 1 aromatic carbocycles. The van der Waals surface area contributed by atoms with Gasteiger partial charge >= 0.3 is 0 Å². The van der Waals surface area contributed by atoms with Crippen molar-refractivity contribution in [2.24, 2.45) is 0 Å². The molecule has 0 fully saturated rings. The van der Waals surface area contributed by atoms with Gasteiger partial charge in [-0.2, -0.15) is 9.50 Å². The van der Waals surface area contributed by atoms with Gasteiger partial charge in [0.25, 0.3) is 5.78 Å². The smallest absolute Gasteiger partial charge is 0.255 e. The van der Waals surface area contributed by atoms with E-state index in [0.29, 0.717) is 17.9 Å². The van der Waals surface area contributed by atoms with Crippen LogP contribution in [-0.2, 0) is 12.2 Å². The normalized spacial score (nSPS) is 11.2. The van der Waals surface area contributed by atoms with Gasteiger partial charge in [-0.1, -0.05) is 13.0 Å². The largest absolute Gasteiger partial charge is 0.493 e. The average molecular weight is 322 g/mol. The van der Waals surface area contributed by atoms with Crippen molar-refractivity contribution >= 4 is 17.5 Å². The molecular formula is C14H12F2N4OS. The molecule has 1 N–H and O–H groups in total. The fourth-order valence-electron chi connectivity index (χ4n) is 1.91. The maximum absolute atomic E-state index is 13.6. The van der Waals surface area contributed by atoms with Crippen molar-refractivity contribution < 1.29 is 13.9 Å². The Balaban J connectivity index is 1.86. The number of fused-ring (bicyclic) bond motifs is 1. The van der Waals surface area contributed by atoms with Gasteiger partial charge in [0.05, 0.1) is 5.69 Å². The van der Waals surface area contributed by atoms with Crippen LogP contribution in [0.15, 0.2) is 29.2 Å². The van der Waals surface area contributed by atoms with Crippen LogP contribution in [0.1, 0.15) is 18.4 Å². The van der Waals surface area contributed by atoms with E-state index in [9.17, 15) is 13.9 Å². The summed E-state index contributed by atoms with van der Waals surface area (Å²) in [6.45, 7) is 1.90. The molecular weight excluding hydrogens is 310 g/mol. The Bertz CT molecular complexity index is 837. The molecule has 5 nitrogen and oxygen atoms in total. The fourth-order valence-corrected chi connectivity index (χ4v) is 2.76. The molecule has 3 aromatic rings. The summed E-state index contributed by atoms with van der Waals surface area (Å²) in [4.78, 5) is 8.63. The first-order valence-electron chi connectivity index (χ1n) is 6.60. The molecule has 2 heterocycles.